The van der Waals surface area contributed by atoms with Crippen LogP contribution >= 0.6 is 0 Å². The van der Waals surface area contributed by atoms with E-state index in [1.807, 2.05) is 13.8 Å². The van der Waals surface area contributed by atoms with Gasteiger partial charge in [-0.1, -0.05) is 0 Å². The van der Waals surface area contributed by atoms with Crippen LogP contribution in [0.15, 0.2) is 29.1 Å². The van der Waals surface area contributed by atoms with E-state index in [1.165, 1.54) is 0 Å². The number of hydrogen-bond donors (Lipinski definition) is 2. The standard InChI is InChI=1S/C18H20N4O3/c1-10-14(11(2)19-17-16(10)18(24)21-22(17)3)9-15(23)20-12-5-7-13(25-4)8-6-12/h5-8H,9H2,1-4H3,(H,20,23)(H,21,24). The number of fused-ring (bicyclic) bond motifs is 1. The molecule has 0 aliphatic carbocycles. The minimum absolute atomic E-state index is 0.154. The van der Waals surface area contributed by atoms with Crippen molar-refractivity contribution >= 4 is 22.6 Å². The summed E-state index contributed by atoms with van der Waals surface area (Å²) >= 11 is 0. The summed E-state index contributed by atoms with van der Waals surface area (Å²) < 4.78 is 6.70. The number of anilines is 1. The van der Waals surface area contributed by atoms with Crippen molar-refractivity contribution < 1.29 is 9.53 Å². The normalized spacial score (nSPS) is 10.9. The number of nitrogens with one attached hydrogen (secondary N) is 2. The van der Waals surface area contributed by atoms with Crippen LogP contribution in [0.2, 0.25) is 0 Å². The number of hydrogen-bond acceptors (Lipinski definition) is 4. The van der Waals surface area contributed by atoms with Crippen molar-refractivity contribution in [2.45, 2.75) is 20.3 Å². The largest absolute Gasteiger partial charge is 0.497 e. The third-order valence-corrected chi connectivity index (χ3v) is 4.29. The summed E-state index contributed by atoms with van der Waals surface area (Å²) in [5.41, 5.74) is 3.39. The van der Waals surface area contributed by atoms with Crippen molar-refractivity contribution in [2.75, 3.05) is 12.4 Å². The van der Waals surface area contributed by atoms with Crippen LogP contribution in [0.5, 0.6) is 5.75 Å². The van der Waals surface area contributed by atoms with Crippen LogP contribution in [0.1, 0.15) is 16.8 Å². The summed E-state index contributed by atoms with van der Waals surface area (Å²) in [7, 11) is 3.33. The number of amides is 1. The Morgan fingerprint density at radius 1 is 1.28 bits per heavy atom. The number of aromatic nitrogens is 3. The third-order valence-electron chi connectivity index (χ3n) is 4.29. The van der Waals surface area contributed by atoms with E-state index in [2.05, 4.69) is 15.4 Å². The van der Waals surface area contributed by atoms with Crippen molar-refractivity contribution in [1.82, 2.24) is 14.8 Å². The van der Waals surface area contributed by atoms with E-state index >= 15 is 0 Å². The molecule has 0 atom stereocenters. The number of ether oxygens (including phenoxy) is 1. The smallest absolute Gasteiger partial charge is 0.273 e. The Morgan fingerprint density at radius 3 is 2.60 bits per heavy atom. The molecular weight excluding hydrogens is 320 g/mol. The van der Waals surface area contributed by atoms with Gasteiger partial charge in [0, 0.05) is 18.4 Å². The number of methoxy groups -OCH3 is 1. The summed E-state index contributed by atoms with van der Waals surface area (Å²) in [6.45, 7) is 3.70. The fourth-order valence-electron chi connectivity index (χ4n) is 2.95. The van der Waals surface area contributed by atoms with Gasteiger partial charge in [-0.05, 0) is 49.2 Å². The molecule has 3 aromatic rings. The summed E-state index contributed by atoms with van der Waals surface area (Å²) in [5, 5.41) is 6.08. The highest BCUT2D eigenvalue weighted by Gasteiger charge is 2.17. The van der Waals surface area contributed by atoms with Gasteiger partial charge < -0.3 is 10.1 Å². The van der Waals surface area contributed by atoms with E-state index in [0.717, 1.165) is 22.6 Å². The monoisotopic (exact) mass is 340 g/mol. The number of carbonyl (C=O) groups excluding carboxylic acids is 1. The van der Waals surface area contributed by atoms with Crippen molar-refractivity contribution in [3.63, 3.8) is 0 Å². The Balaban J connectivity index is 1.87. The zero-order valence-electron chi connectivity index (χ0n) is 14.6. The third kappa shape index (κ3) is 3.13. The van der Waals surface area contributed by atoms with Crippen LogP contribution in [0, 0.1) is 13.8 Å². The van der Waals surface area contributed by atoms with Crippen LogP contribution in [0.25, 0.3) is 11.0 Å². The highest BCUT2D eigenvalue weighted by Crippen LogP contribution is 2.21. The number of benzene rings is 1. The average molecular weight is 340 g/mol. The molecule has 2 N–H and O–H groups in total. The molecule has 130 valence electrons. The van der Waals surface area contributed by atoms with Crippen molar-refractivity contribution in [1.29, 1.82) is 0 Å². The maximum atomic E-state index is 12.4. The molecule has 0 unspecified atom stereocenters. The molecule has 0 saturated heterocycles. The number of aromatic amines is 1. The van der Waals surface area contributed by atoms with Gasteiger partial charge in [0.15, 0.2) is 5.65 Å². The van der Waals surface area contributed by atoms with Gasteiger partial charge in [0.1, 0.15) is 5.75 Å². The van der Waals surface area contributed by atoms with Crippen molar-refractivity contribution in [3.8, 4) is 5.75 Å². The summed E-state index contributed by atoms with van der Waals surface area (Å²) in [6, 6.07) is 7.12. The number of carbonyl (C=O) groups is 1. The quantitative estimate of drug-likeness (QED) is 0.761. The molecule has 0 radical (unpaired) electrons. The predicted molar refractivity (Wildman–Crippen MR) is 96.1 cm³/mol. The zero-order valence-corrected chi connectivity index (χ0v) is 14.6. The second kappa shape index (κ2) is 6.43. The van der Waals surface area contributed by atoms with Gasteiger partial charge in [0.05, 0.1) is 18.9 Å². The Kier molecular flexibility index (Phi) is 4.31. The lowest BCUT2D eigenvalue weighted by Gasteiger charge is -2.11. The van der Waals surface area contributed by atoms with Crippen molar-refractivity contribution in [3.05, 3.63) is 51.4 Å². The molecule has 2 heterocycles. The van der Waals surface area contributed by atoms with Gasteiger partial charge in [-0.15, -0.1) is 0 Å². The Morgan fingerprint density at radius 2 is 1.96 bits per heavy atom. The molecule has 3 rings (SSSR count). The molecular formula is C18H20N4O3. The van der Waals surface area contributed by atoms with Gasteiger partial charge in [-0.2, -0.15) is 0 Å². The molecule has 0 bridgehead atoms. The summed E-state index contributed by atoms with van der Waals surface area (Å²) in [5.74, 6) is 0.563. The summed E-state index contributed by atoms with van der Waals surface area (Å²) in [6.07, 6.45) is 0.154. The lowest BCUT2D eigenvalue weighted by molar-refractivity contribution is -0.115. The lowest BCUT2D eigenvalue weighted by atomic mass is 10.0. The van der Waals surface area contributed by atoms with E-state index in [-0.39, 0.29) is 17.9 Å². The fraction of sp³-hybridized carbons (Fsp3) is 0.278. The fourth-order valence-corrected chi connectivity index (χ4v) is 2.95. The first-order valence-electron chi connectivity index (χ1n) is 7.89. The van der Waals surface area contributed by atoms with Gasteiger partial charge in [-0.25, -0.2) is 4.98 Å². The number of pyridine rings is 1. The van der Waals surface area contributed by atoms with Gasteiger partial charge in [-0.3, -0.25) is 19.4 Å². The number of H-pyrrole nitrogens is 1. The molecule has 0 fully saturated rings. The van der Waals surface area contributed by atoms with Crippen LogP contribution < -0.4 is 15.6 Å². The number of rotatable bonds is 4. The van der Waals surface area contributed by atoms with Gasteiger partial charge in [0.2, 0.25) is 5.91 Å². The first-order valence-corrected chi connectivity index (χ1v) is 7.89. The summed E-state index contributed by atoms with van der Waals surface area (Å²) in [4.78, 5) is 29.0. The highest BCUT2D eigenvalue weighted by atomic mass is 16.5. The van der Waals surface area contributed by atoms with Crippen LogP contribution in [-0.4, -0.2) is 27.8 Å². The Labute approximate surface area is 144 Å². The van der Waals surface area contributed by atoms with Crippen molar-refractivity contribution in [2.24, 2.45) is 7.05 Å². The van der Waals surface area contributed by atoms with Crippen LogP contribution in [0.3, 0.4) is 0 Å². The molecule has 0 saturated carbocycles. The molecule has 1 aromatic carbocycles. The van der Waals surface area contributed by atoms with E-state index in [1.54, 1.807) is 43.1 Å². The minimum atomic E-state index is -0.195. The molecule has 0 spiro atoms. The Hall–Kier alpha value is -3.09. The second-order valence-electron chi connectivity index (χ2n) is 5.95. The second-order valence-corrected chi connectivity index (χ2v) is 5.95. The first-order chi connectivity index (χ1) is 11.9. The van der Waals surface area contributed by atoms with E-state index in [4.69, 9.17) is 4.74 Å². The minimum Gasteiger partial charge on any atom is -0.497 e. The molecule has 1 amide bonds. The Bertz CT molecular complexity index is 1000. The topological polar surface area (TPSA) is 89.0 Å². The van der Waals surface area contributed by atoms with E-state index in [9.17, 15) is 9.59 Å². The van der Waals surface area contributed by atoms with E-state index < -0.39 is 0 Å². The maximum Gasteiger partial charge on any atom is 0.273 e. The van der Waals surface area contributed by atoms with Gasteiger partial charge in [0.25, 0.3) is 5.56 Å². The molecule has 7 heteroatoms. The van der Waals surface area contributed by atoms with Gasteiger partial charge >= 0.3 is 0 Å². The molecule has 7 nitrogen and oxygen atoms in total. The number of nitrogens with zero attached hydrogens (tertiary/aromatic N) is 2. The lowest BCUT2D eigenvalue weighted by Crippen LogP contribution is -2.17. The van der Waals surface area contributed by atoms with E-state index in [0.29, 0.717) is 16.7 Å². The zero-order chi connectivity index (χ0) is 18.1. The molecule has 2 aromatic heterocycles. The number of aryl methyl sites for hydroxylation is 3. The van der Waals surface area contributed by atoms with Crippen LogP contribution in [-0.2, 0) is 18.3 Å². The molecule has 25 heavy (non-hydrogen) atoms. The predicted octanol–water partition coefficient (Wildman–Crippen LogP) is 2.07. The average Bonchev–Trinajstić information content (AvgIpc) is 2.86. The van der Waals surface area contributed by atoms with Crippen LogP contribution in [0.4, 0.5) is 5.69 Å². The highest BCUT2D eigenvalue weighted by molar-refractivity contribution is 5.93. The SMILES string of the molecule is COc1ccc(NC(=O)Cc2c(C)nc3c(c2C)c(=O)[nH]n3C)cc1. The maximum absolute atomic E-state index is 12.4. The molecule has 0 aliphatic heterocycles. The first kappa shape index (κ1) is 16.8. The molecule has 0 aliphatic rings.